The molecule has 0 saturated heterocycles. The fraction of sp³-hybridized carbons (Fsp3) is 0.455. The largest absolute Gasteiger partial charge is 0.496 e. The van der Waals surface area contributed by atoms with Crippen molar-refractivity contribution in [3.63, 3.8) is 0 Å². The molecule has 0 bridgehead atoms. The Kier molecular flexibility index (Phi) is 2.64. The number of hydrogen-bond acceptors (Lipinski definition) is 4. The van der Waals surface area contributed by atoms with Gasteiger partial charge >= 0.3 is 5.97 Å². The fourth-order valence-corrected chi connectivity index (χ4v) is 2.04. The van der Waals surface area contributed by atoms with Crippen LogP contribution in [0.25, 0.3) is 0 Å². The van der Waals surface area contributed by atoms with Gasteiger partial charge in [-0.25, -0.2) is 13.8 Å². The zero-order valence-electron chi connectivity index (χ0n) is 9.74. The van der Waals surface area contributed by atoms with Crippen LogP contribution in [0.2, 0.25) is 0 Å². The molecule has 1 aromatic heterocycles. The quantitative estimate of drug-likeness (QED) is 0.886. The molecule has 2 rings (SSSR count). The Morgan fingerprint density at radius 1 is 1.44 bits per heavy atom. The molecule has 0 aromatic carbocycles. The summed E-state index contributed by atoms with van der Waals surface area (Å²) in [6.07, 6.45) is 0.519. The van der Waals surface area contributed by atoms with Crippen LogP contribution in [-0.4, -0.2) is 36.2 Å². The topological polar surface area (TPSA) is 68.7 Å². The van der Waals surface area contributed by atoms with Crippen LogP contribution < -0.4 is 9.47 Å². The highest BCUT2D eigenvalue weighted by molar-refractivity contribution is 5.89. The van der Waals surface area contributed by atoms with Crippen molar-refractivity contribution in [3.05, 3.63) is 17.8 Å². The number of carbonyl (C=O) groups is 1. The summed E-state index contributed by atoms with van der Waals surface area (Å²) in [5, 5.41) is 9.11. The number of nitrogens with zero attached hydrogens (tertiary/aromatic N) is 1. The van der Waals surface area contributed by atoms with E-state index in [2.05, 4.69) is 4.98 Å². The number of carboxylic acids is 1. The van der Waals surface area contributed by atoms with Crippen LogP contribution in [0, 0.1) is 0 Å². The predicted molar refractivity (Wildman–Crippen MR) is 56.2 cm³/mol. The Bertz CT molecular complexity index is 484. The lowest BCUT2D eigenvalue weighted by molar-refractivity contribution is -0.143. The van der Waals surface area contributed by atoms with Gasteiger partial charge in [-0.1, -0.05) is 0 Å². The lowest BCUT2D eigenvalue weighted by Crippen LogP contribution is -2.28. The Labute approximate surface area is 101 Å². The van der Waals surface area contributed by atoms with Crippen LogP contribution in [0.15, 0.2) is 12.3 Å². The first-order chi connectivity index (χ1) is 8.40. The van der Waals surface area contributed by atoms with Crippen molar-refractivity contribution >= 4 is 5.97 Å². The van der Waals surface area contributed by atoms with Crippen molar-refractivity contribution in [3.8, 4) is 11.6 Å². The highest BCUT2D eigenvalue weighted by atomic mass is 19.3. The van der Waals surface area contributed by atoms with Crippen LogP contribution in [0.3, 0.4) is 0 Å². The monoisotopic (exact) mass is 259 g/mol. The highest BCUT2D eigenvalue weighted by Gasteiger charge is 2.79. The third-order valence-electron chi connectivity index (χ3n) is 3.07. The molecule has 1 N–H and O–H groups in total. The van der Waals surface area contributed by atoms with E-state index in [0.717, 1.165) is 0 Å². The molecule has 1 heterocycles. The van der Waals surface area contributed by atoms with E-state index in [1.54, 1.807) is 0 Å². The molecule has 1 aliphatic rings. The van der Waals surface area contributed by atoms with E-state index in [-0.39, 0.29) is 17.2 Å². The zero-order valence-corrected chi connectivity index (χ0v) is 9.74. The maximum atomic E-state index is 13.5. The molecule has 98 valence electrons. The molecule has 0 radical (unpaired) electrons. The Morgan fingerprint density at radius 2 is 2.06 bits per heavy atom. The van der Waals surface area contributed by atoms with Gasteiger partial charge in [0.05, 0.1) is 19.8 Å². The van der Waals surface area contributed by atoms with Gasteiger partial charge in [0.2, 0.25) is 5.88 Å². The van der Waals surface area contributed by atoms with Gasteiger partial charge in [0.15, 0.2) is 5.41 Å². The van der Waals surface area contributed by atoms with Crippen LogP contribution >= 0.6 is 0 Å². The van der Waals surface area contributed by atoms with Crippen molar-refractivity contribution in [2.45, 2.75) is 17.8 Å². The van der Waals surface area contributed by atoms with E-state index in [1.807, 2.05) is 0 Å². The van der Waals surface area contributed by atoms with Crippen LogP contribution in [-0.2, 0) is 10.2 Å². The van der Waals surface area contributed by atoms with Crippen molar-refractivity contribution < 1.29 is 28.2 Å². The number of methoxy groups -OCH3 is 2. The zero-order chi connectivity index (χ0) is 13.6. The van der Waals surface area contributed by atoms with E-state index >= 15 is 0 Å². The lowest BCUT2D eigenvalue weighted by atomic mass is 9.95. The van der Waals surface area contributed by atoms with Crippen molar-refractivity contribution in [1.82, 2.24) is 4.98 Å². The first-order valence-electron chi connectivity index (χ1n) is 5.09. The number of aromatic nitrogens is 1. The third kappa shape index (κ3) is 1.43. The molecular weight excluding hydrogens is 248 g/mol. The number of rotatable bonds is 4. The van der Waals surface area contributed by atoms with Gasteiger partial charge in [0.1, 0.15) is 5.75 Å². The number of alkyl halides is 2. The first-order valence-corrected chi connectivity index (χ1v) is 5.09. The summed E-state index contributed by atoms with van der Waals surface area (Å²) in [6, 6.07) is 1.33. The summed E-state index contributed by atoms with van der Waals surface area (Å²) < 4.78 is 36.8. The van der Waals surface area contributed by atoms with Gasteiger partial charge in [-0.3, -0.25) is 4.79 Å². The summed E-state index contributed by atoms with van der Waals surface area (Å²) in [5.74, 6) is -5.07. The molecule has 18 heavy (non-hydrogen) atoms. The summed E-state index contributed by atoms with van der Waals surface area (Å²) in [6.45, 7) is 0. The summed E-state index contributed by atoms with van der Waals surface area (Å²) in [7, 11) is 2.51. The van der Waals surface area contributed by atoms with Crippen molar-refractivity contribution in [2.75, 3.05) is 14.2 Å². The molecule has 0 aliphatic heterocycles. The SMILES string of the molecule is COc1ccnc(OC)c1C1(C(=O)O)CC1(F)F. The second-order valence-electron chi connectivity index (χ2n) is 3.99. The van der Waals surface area contributed by atoms with Gasteiger partial charge in [-0.2, -0.15) is 0 Å². The van der Waals surface area contributed by atoms with E-state index in [9.17, 15) is 13.6 Å². The second-order valence-corrected chi connectivity index (χ2v) is 3.99. The number of carboxylic acid groups (broad SMARTS) is 1. The molecular formula is C11H11F2NO4. The molecule has 1 aromatic rings. The molecule has 0 spiro atoms. The average molecular weight is 259 g/mol. The number of aliphatic carboxylic acids is 1. The summed E-state index contributed by atoms with van der Waals surface area (Å²) in [4.78, 5) is 15.0. The highest BCUT2D eigenvalue weighted by Crippen LogP contribution is 2.64. The van der Waals surface area contributed by atoms with Gasteiger partial charge < -0.3 is 14.6 Å². The van der Waals surface area contributed by atoms with Crippen molar-refractivity contribution in [1.29, 1.82) is 0 Å². The molecule has 1 saturated carbocycles. The summed E-state index contributed by atoms with van der Waals surface area (Å²) in [5.41, 5.74) is -2.52. The normalized spacial score (nSPS) is 24.4. The summed E-state index contributed by atoms with van der Waals surface area (Å²) >= 11 is 0. The Balaban J connectivity index is 2.67. The van der Waals surface area contributed by atoms with Gasteiger partial charge in [0.25, 0.3) is 5.92 Å². The number of ether oxygens (including phenoxy) is 2. The Hall–Kier alpha value is -1.92. The average Bonchev–Trinajstić information content (AvgIpc) is 2.92. The lowest BCUT2D eigenvalue weighted by Gasteiger charge is -2.17. The minimum atomic E-state index is -3.33. The van der Waals surface area contributed by atoms with Gasteiger partial charge in [-0.15, -0.1) is 0 Å². The fourth-order valence-electron chi connectivity index (χ4n) is 2.04. The van der Waals surface area contributed by atoms with Crippen molar-refractivity contribution in [2.24, 2.45) is 0 Å². The Morgan fingerprint density at radius 3 is 2.44 bits per heavy atom. The maximum absolute atomic E-state index is 13.5. The smallest absolute Gasteiger partial charge is 0.320 e. The molecule has 5 nitrogen and oxygen atoms in total. The number of pyridine rings is 1. The molecule has 7 heteroatoms. The number of halogens is 2. The van der Waals surface area contributed by atoms with Gasteiger partial charge in [0, 0.05) is 12.6 Å². The molecule has 0 amide bonds. The predicted octanol–water partition coefficient (Wildman–Crippen LogP) is 1.46. The van der Waals surface area contributed by atoms with Crippen LogP contribution in [0.4, 0.5) is 8.78 Å². The third-order valence-corrected chi connectivity index (χ3v) is 3.07. The second kappa shape index (κ2) is 3.79. The molecule has 1 unspecified atom stereocenters. The number of hydrogen-bond donors (Lipinski definition) is 1. The minimum absolute atomic E-state index is 0.0291. The standard InChI is InChI=1S/C11H11F2NO4/c1-17-6-3-4-14-8(18-2)7(6)10(9(15)16)5-11(10,12)13/h3-4H,5H2,1-2H3,(H,15,16). The van der Waals surface area contributed by atoms with E-state index in [0.29, 0.717) is 0 Å². The van der Waals surface area contributed by atoms with Crippen LogP contribution in [0.1, 0.15) is 12.0 Å². The maximum Gasteiger partial charge on any atom is 0.320 e. The van der Waals surface area contributed by atoms with Crippen LogP contribution in [0.5, 0.6) is 11.6 Å². The molecule has 1 atom stereocenters. The van der Waals surface area contributed by atoms with E-state index < -0.39 is 23.7 Å². The van der Waals surface area contributed by atoms with E-state index in [1.165, 1.54) is 26.5 Å². The molecule has 1 fully saturated rings. The van der Waals surface area contributed by atoms with E-state index in [4.69, 9.17) is 14.6 Å². The first kappa shape index (κ1) is 12.5. The minimum Gasteiger partial charge on any atom is -0.496 e. The molecule has 1 aliphatic carbocycles. The van der Waals surface area contributed by atoms with Gasteiger partial charge in [-0.05, 0) is 6.07 Å².